The van der Waals surface area contributed by atoms with E-state index < -0.39 is 6.04 Å². The van der Waals surface area contributed by atoms with Crippen LogP contribution in [0.15, 0.2) is 0 Å². The summed E-state index contributed by atoms with van der Waals surface area (Å²) in [5.41, 5.74) is 0. The molecule has 0 aliphatic heterocycles. The van der Waals surface area contributed by atoms with E-state index in [-0.39, 0.29) is 67.6 Å². The molecule has 0 unspecified atom stereocenters. The minimum Gasteiger partial charge on any atom is -0.382 e. The Hall–Kier alpha value is -1.88. The number of amides is 2. The van der Waals surface area contributed by atoms with Crippen LogP contribution < -0.4 is 5.32 Å². The van der Waals surface area contributed by atoms with Gasteiger partial charge in [0.05, 0.1) is 58.7 Å². The van der Waals surface area contributed by atoms with Gasteiger partial charge in [-0.1, -0.05) is 27.7 Å². The van der Waals surface area contributed by atoms with Gasteiger partial charge in [-0.15, -0.1) is 0 Å². The maximum atomic E-state index is 12.6. The molecule has 0 radical (unpaired) electrons. The van der Waals surface area contributed by atoms with Gasteiger partial charge in [-0.2, -0.15) is 0 Å². The largest absolute Gasteiger partial charge is 0.382 e. The fourth-order valence-electron chi connectivity index (χ4n) is 3.31. The third-order valence-corrected chi connectivity index (χ3v) is 5.62. The van der Waals surface area contributed by atoms with Crippen molar-refractivity contribution in [3.8, 4) is 0 Å². The van der Waals surface area contributed by atoms with Gasteiger partial charge in [0.15, 0.2) is 5.78 Å². The van der Waals surface area contributed by atoms with Crippen LogP contribution in [0.2, 0.25) is 0 Å². The summed E-state index contributed by atoms with van der Waals surface area (Å²) in [5.74, 6) is -1.04. The fourth-order valence-corrected chi connectivity index (χ4v) is 3.31. The van der Waals surface area contributed by atoms with Crippen LogP contribution in [-0.4, -0.2) is 101 Å². The Morgan fingerprint density at radius 3 is 1.86 bits per heavy atom. The summed E-state index contributed by atoms with van der Waals surface area (Å²) >= 11 is 0. The molecule has 10 heteroatoms. The number of ether oxygens (including phenoxy) is 4. The molecule has 0 aromatic heterocycles. The summed E-state index contributed by atoms with van der Waals surface area (Å²) in [5, 5.41) is 2.80. The van der Waals surface area contributed by atoms with Gasteiger partial charge < -0.3 is 29.2 Å². The molecule has 0 aliphatic rings. The number of Topliss-reactive ketones (excluding diaryl/α,β-unsaturated/α-hetero) is 2. The Bertz CT molecular complexity index is 641. The number of methoxy groups -OCH3 is 1. The molecule has 36 heavy (non-hydrogen) atoms. The van der Waals surface area contributed by atoms with Gasteiger partial charge in [-0.25, -0.2) is 0 Å². The summed E-state index contributed by atoms with van der Waals surface area (Å²) in [4.78, 5) is 50.9. The average molecular weight is 517 g/mol. The van der Waals surface area contributed by atoms with Crippen LogP contribution >= 0.6 is 0 Å². The molecule has 0 bridgehead atoms. The van der Waals surface area contributed by atoms with Gasteiger partial charge in [0.1, 0.15) is 5.78 Å². The number of nitrogens with one attached hydrogen (secondary N) is 1. The number of hydrogen-bond acceptors (Lipinski definition) is 8. The lowest BCUT2D eigenvalue weighted by Gasteiger charge is -2.25. The smallest absolute Gasteiger partial charge is 0.224 e. The van der Waals surface area contributed by atoms with E-state index >= 15 is 0 Å². The van der Waals surface area contributed by atoms with Crippen LogP contribution in [0.5, 0.6) is 0 Å². The van der Waals surface area contributed by atoms with E-state index in [9.17, 15) is 19.2 Å². The minimum atomic E-state index is -0.651. The second-order valence-corrected chi connectivity index (χ2v) is 9.18. The van der Waals surface area contributed by atoms with Gasteiger partial charge in [0, 0.05) is 39.0 Å². The molecule has 0 aliphatic carbocycles. The molecule has 0 aromatic carbocycles. The molecule has 2 amide bonds. The molecular weight excluding hydrogens is 468 g/mol. The molecule has 0 saturated carbocycles. The van der Waals surface area contributed by atoms with E-state index in [0.29, 0.717) is 46.2 Å². The van der Waals surface area contributed by atoms with Crippen LogP contribution in [0.1, 0.15) is 60.3 Å². The maximum Gasteiger partial charge on any atom is 0.224 e. The number of hydrogen-bond donors (Lipinski definition) is 1. The van der Waals surface area contributed by atoms with E-state index in [2.05, 4.69) is 5.32 Å². The first kappa shape index (κ1) is 34.1. The van der Waals surface area contributed by atoms with Gasteiger partial charge in [0.25, 0.3) is 0 Å². The number of carbonyl (C=O) groups excluding carboxylic acids is 4. The molecule has 10 nitrogen and oxygen atoms in total. The summed E-state index contributed by atoms with van der Waals surface area (Å²) in [6.07, 6.45) is 1.19. The highest BCUT2D eigenvalue weighted by molar-refractivity contribution is 5.92. The van der Waals surface area contributed by atoms with Crippen molar-refractivity contribution in [2.75, 3.05) is 66.4 Å². The lowest BCUT2D eigenvalue weighted by Crippen LogP contribution is -2.46. The van der Waals surface area contributed by atoms with E-state index in [0.717, 1.165) is 6.42 Å². The molecule has 0 fully saturated rings. The number of carbonyl (C=O) groups is 4. The Morgan fingerprint density at radius 2 is 1.36 bits per heavy atom. The average Bonchev–Trinajstić information content (AvgIpc) is 2.82. The zero-order valence-corrected chi connectivity index (χ0v) is 23.1. The Balaban J connectivity index is 4.34. The van der Waals surface area contributed by atoms with Gasteiger partial charge in [-0.05, 0) is 19.3 Å². The third-order valence-electron chi connectivity index (χ3n) is 5.62. The van der Waals surface area contributed by atoms with Crippen molar-refractivity contribution in [2.24, 2.45) is 11.8 Å². The zero-order chi connectivity index (χ0) is 27.3. The van der Waals surface area contributed by atoms with Crippen molar-refractivity contribution in [3.63, 3.8) is 0 Å². The van der Waals surface area contributed by atoms with E-state index in [1.807, 2.05) is 20.8 Å². The van der Waals surface area contributed by atoms with Crippen molar-refractivity contribution < 1.29 is 38.1 Å². The zero-order valence-electron chi connectivity index (χ0n) is 23.1. The summed E-state index contributed by atoms with van der Waals surface area (Å²) in [6.45, 7) is 12.8. The van der Waals surface area contributed by atoms with Crippen LogP contribution in [-0.2, 0) is 38.1 Å². The van der Waals surface area contributed by atoms with Crippen LogP contribution in [0.4, 0.5) is 0 Å². The van der Waals surface area contributed by atoms with Crippen LogP contribution in [0, 0.1) is 11.8 Å². The molecule has 0 spiro atoms. The van der Waals surface area contributed by atoms with Crippen molar-refractivity contribution in [1.29, 1.82) is 0 Å². The van der Waals surface area contributed by atoms with Crippen molar-refractivity contribution in [2.45, 2.75) is 66.3 Å². The summed E-state index contributed by atoms with van der Waals surface area (Å²) < 4.78 is 21.1. The SMILES string of the molecule is CCCN(CCC(=O)N[C@H](C(=O)C[C@@H](C)C(C)=O)C(C)C)C(=O)CCOCCOCCOCCOC. The lowest BCUT2D eigenvalue weighted by molar-refractivity contribution is -0.134. The normalized spacial score (nSPS) is 12.9. The Kier molecular flexibility index (Phi) is 20.1. The maximum absolute atomic E-state index is 12.6. The van der Waals surface area contributed by atoms with Gasteiger partial charge in [-0.3, -0.25) is 19.2 Å². The molecule has 1 N–H and O–H groups in total. The molecular formula is C26H48N2O8. The topological polar surface area (TPSA) is 120 Å². The second-order valence-electron chi connectivity index (χ2n) is 9.18. The minimum absolute atomic E-state index is 0.0503. The van der Waals surface area contributed by atoms with Crippen LogP contribution in [0.25, 0.3) is 0 Å². The third kappa shape index (κ3) is 16.7. The van der Waals surface area contributed by atoms with E-state index in [1.54, 1.807) is 18.9 Å². The first-order valence-electron chi connectivity index (χ1n) is 13.0. The molecule has 0 saturated heterocycles. The molecule has 0 heterocycles. The van der Waals surface area contributed by atoms with E-state index in [1.165, 1.54) is 6.92 Å². The number of rotatable bonds is 23. The summed E-state index contributed by atoms with van der Waals surface area (Å²) in [7, 11) is 1.62. The first-order valence-corrected chi connectivity index (χ1v) is 13.0. The Labute approximate surface area is 216 Å². The van der Waals surface area contributed by atoms with Gasteiger partial charge in [0.2, 0.25) is 11.8 Å². The predicted molar refractivity (Wildman–Crippen MR) is 137 cm³/mol. The highest BCUT2D eigenvalue weighted by Crippen LogP contribution is 2.12. The second kappa shape index (κ2) is 21.2. The first-order chi connectivity index (χ1) is 17.1. The van der Waals surface area contributed by atoms with Crippen LogP contribution in [0.3, 0.4) is 0 Å². The molecule has 210 valence electrons. The molecule has 0 aromatic rings. The predicted octanol–water partition coefficient (Wildman–Crippen LogP) is 2.03. The highest BCUT2D eigenvalue weighted by Gasteiger charge is 2.26. The fraction of sp³-hybridized carbons (Fsp3) is 0.846. The van der Waals surface area contributed by atoms with Crippen molar-refractivity contribution >= 4 is 23.4 Å². The number of ketones is 2. The lowest BCUT2D eigenvalue weighted by atomic mass is 9.91. The summed E-state index contributed by atoms with van der Waals surface area (Å²) in [6, 6.07) is -0.651. The highest BCUT2D eigenvalue weighted by atomic mass is 16.6. The van der Waals surface area contributed by atoms with Crippen molar-refractivity contribution in [3.05, 3.63) is 0 Å². The van der Waals surface area contributed by atoms with Crippen molar-refractivity contribution in [1.82, 2.24) is 10.2 Å². The van der Waals surface area contributed by atoms with E-state index in [4.69, 9.17) is 18.9 Å². The van der Waals surface area contributed by atoms with Gasteiger partial charge >= 0.3 is 0 Å². The quantitative estimate of drug-likeness (QED) is 0.205. The molecule has 0 rings (SSSR count). The monoisotopic (exact) mass is 516 g/mol. The standard InChI is InChI=1S/C26H48N2O8/c1-7-10-28(25(32)9-12-34-15-16-36-18-17-35-14-13-33-6)11-8-24(31)27-26(20(2)3)23(30)19-21(4)22(5)29/h20-21,26H,7-19H2,1-6H3,(H,27,31)/t21-,26+/m1/s1. The number of nitrogens with zero attached hydrogens (tertiary/aromatic N) is 1. The molecule has 2 atom stereocenters. The Morgan fingerprint density at radius 1 is 0.806 bits per heavy atom.